The lowest BCUT2D eigenvalue weighted by atomic mass is 9.91. The van der Waals surface area contributed by atoms with E-state index in [2.05, 4.69) is 22.8 Å². The van der Waals surface area contributed by atoms with E-state index in [0.717, 1.165) is 11.4 Å². The maximum Gasteiger partial charge on any atom is 0.243 e. The summed E-state index contributed by atoms with van der Waals surface area (Å²) in [5, 5.41) is 5.57. The molecule has 142 valence electrons. The summed E-state index contributed by atoms with van der Waals surface area (Å²) in [6.07, 6.45) is 2.78. The number of rotatable bonds is 8. The summed E-state index contributed by atoms with van der Waals surface area (Å²) < 4.78 is 0. The van der Waals surface area contributed by atoms with Crippen molar-refractivity contribution in [2.75, 3.05) is 30.9 Å². The number of hydrogen-bond acceptors (Lipinski definition) is 3. The second kappa shape index (κ2) is 8.71. The lowest BCUT2D eigenvalue weighted by molar-refractivity contribution is -0.124. The summed E-state index contributed by atoms with van der Waals surface area (Å²) in [7, 11) is 3.93. The molecule has 0 saturated heterocycles. The lowest BCUT2D eigenvalue weighted by Crippen LogP contribution is -2.33. The Hall–Kier alpha value is -2.82. The third-order valence-electron chi connectivity index (χ3n) is 4.94. The number of anilines is 2. The quantitative estimate of drug-likeness (QED) is 0.754. The highest BCUT2D eigenvalue weighted by atomic mass is 16.2. The molecule has 2 aromatic carbocycles. The molecule has 1 atom stereocenters. The normalized spacial score (nSPS) is 14.3. The molecule has 0 radical (unpaired) electrons. The van der Waals surface area contributed by atoms with E-state index < -0.39 is 0 Å². The standard InChI is InChI=1S/C22H27N3O2/c1-25(2)19-12-10-18(11-13-19)24-22(27)15-23-21(26)14-20(17-8-9-17)16-6-4-3-5-7-16/h3-7,10-13,17,20H,8-9,14-15H2,1-2H3,(H,23,26)(H,24,27). The summed E-state index contributed by atoms with van der Waals surface area (Å²) >= 11 is 0. The predicted octanol–water partition coefficient (Wildman–Crippen LogP) is 3.39. The summed E-state index contributed by atoms with van der Waals surface area (Å²) in [6, 6.07) is 17.8. The van der Waals surface area contributed by atoms with Gasteiger partial charge in [0.15, 0.2) is 0 Å². The highest BCUT2D eigenvalue weighted by molar-refractivity contribution is 5.94. The molecular formula is C22H27N3O2. The van der Waals surface area contributed by atoms with Crippen molar-refractivity contribution >= 4 is 23.2 Å². The highest BCUT2D eigenvalue weighted by Crippen LogP contribution is 2.44. The van der Waals surface area contributed by atoms with Crippen molar-refractivity contribution in [3.8, 4) is 0 Å². The van der Waals surface area contributed by atoms with Crippen LogP contribution in [0.4, 0.5) is 11.4 Å². The minimum atomic E-state index is -0.219. The predicted molar refractivity (Wildman–Crippen MR) is 109 cm³/mol. The number of amides is 2. The molecule has 1 fully saturated rings. The van der Waals surface area contributed by atoms with Crippen LogP contribution in [0, 0.1) is 5.92 Å². The van der Waals surface area contributed by atoms with Crippen LogP contribution in [0.15, 0.2) is 54.6 Å². The molecule has 1 aliphatic rings. The summed E-state index contributed by atoms with van der Waals surface area (Å²) in [6.45, 7) is -0.0135. The number of carbonyl (C=O) groups excluding carboxylic acids is 2. The van der Waals surface area contributed by atoms with Gasteiger partial charge in [-0.2, -0.15) is 0 Å². The Morgan fingerprint density at radius 3 is 2.26 bits per heavy atom. The number of carbonyl (C=O) groups is 2. The monoisotopic (exact) mass is 365 g/mol. The molecule has 2 aromatic rings. The van der Waals surface area contributed by atoms with Crippen LogP contribution in [-0.2, 0) is 9.59 Å². The molecule has 0 aliphatic heterocycles. The maximum atomic E-state index is 12.3. The first-order chi connectivity index (χ1) is 13.0. The van der Waals surface area contributed by atoms with Crippen LogP contribution in [0.3, 0.4) is 0 Å². The minimum absolute atomic E-state index is 0.0135. The zero-order chi connectivity index (χ0) is 19.2. The number of benzene rings is 2. The van der Waals surface area contributed by atoms with E-state index in [-0.39, 0.29) is 24.3 Å². The smallest absolute Gasteiger partial charge is 0.243 e. The molecule has 0 spiro atoms. The topological polar surface area (TPSA) is 61.4 Å². The lowest BCUT2D eigenvalue weighted by Gasteiger charge is -2.16. The third-order valence-corrected chi connectivity index (χ3v) is 4.94. The van der Waals surface area contributed by atoms with Crippen molar-refractivity contribution in [1.29, 1.82) is 0 Å². The van der Waals surface area contributed by atoms with Crippen LogP contribution in [0.5, 0.6) is 0 Å². The zero-order valence-electron chi connectivity index (χ0n) is 15.9. The molecule has 5 heteroatoms. The molecule has 27 heavy (non-hydrogen) atoms. The Morgan fingerprint density at radius 2 is 1.67 bits per heavy atom. The minimum Gasteiger partial charge on any atom is -0.378 e. The second-order valence-corrected chi connectivity index (χ2v) is 7.32. The molecule has 1 aliphatic carbocycles. The van der Waals surface area contributed by atoms with E-state index in [0.29, 0.717) is 12.3 Å². The van der Waals surface area contributed by atoms with Gasteiger partial charge < -0.3 is 15.5 Å². The largest absolute Gasteiger partial charge is 0.378 e. The molecule has 0 heterocycles. The van der Waals surface area contributed by atoms with Gasteiger partial charge in [0, 0.05) is 31.9 Å². The van der Waals surface area contributed by atoms with Crippen molar-refractivity contribution in [1.82, 2.24) is 5.32 Å². The first-order valence-electron chi connectivity index (χ1n) is 9.42. The Kier molecular flexibility index (Phi) is 6.12. The Bertz CT molecular complexity index is 768. The third kappa shape index (κ3) is 5.58. The van der Waals surface area contributed by atoms with E-state index in [1.165, 1.54) is 18.4 Å². The van der Waals surface area contributed by atoms with Crippen LogP contribution < -0.4 is 15.5 Å². The molecule has 0 aromatic heterocycles. The van der Waals surface area contributed by atoms with Gasteiger partial charge >= 0.3 is 0 Å². The number of nitrogens with zero attached hydrogens (tertiary/aromatic N) is 1. The van der Waals surface area contributed by atoms with Crippen molar-refractivity contribution < 1.29 is 9.59 Å². The van der Waals surface area contributed by atoms with Crippen molar-refractivity contribution in [2.24, 2.45) is 5.92 Å². The van der Waals surface area contributed by atoms with E-state index in [1.54, 1.807) is 0 Å². The average Bonchev–Trinajstić information content (AvgIpc) is 3.50. The van der Waals surface area contributed by atoms with Crippen LogP contribution in [-0.4, -0.2) is 32.5 Å². The molecular weight excluding hydrogens is 338 g/mol. The SMILES string of the molecule is CN(C)c1ccc(NC(=O)CNC(=O)CC(c2ccccc2)C2CC2)cc1. The van der Waals surface area contributed by atoms with E-state index in [4.69, 9.17) is 0 Å². The molecule has 2 N–H and O–H groups in total. The maximum absolute atomic E-state index is 12.3. The van der Waals surface area contributed by atoms with Gasteiger partial charge in [-0.3, -0.25) is 9.59 Å². The van der Waals surface area contributed by atoms with Gasteiger partial charge in [0.1, 0.15) is 0 Å². The molecule has 3 rings (SSSR count). The van der Waals surface area contributed by atoms with Gasteiger partial charge in [0.2, 0.25) is 11.8 Å². The van der Waals surface area contributed by atoms with E-state index >= 15 is 0 Å². The van der Waals surface area contributed by atoms with Crippen molar-refractivity contribution in [3.63, 3.8) is 0 Å². The van der Waals surface area contributed by atoms with Crippen molar-refractivity contribution in [3.05, 3.63) is 60.2 Å². The summed E-state index contributed by atoms with van der Waals surface area (Å²) in [5.74, 6) is 0.535. The Morgan fingerprint density at radius 1 is 1.00 bits per heavy atom. The van der Waals surface area contributed by atoms with Gasteiger partial charge in [0.25, 0.3) is 0 Å². The first kappa shape index (κ1) is 19.0. The molecule has 0 bridgehead atoms. The fourth-order valence-electron chi connectivity index (χ4n) is 3.25. The molecule has 5 nitrogen and oxygen atoms in total. The number of hydrogen-bond donors (Lipinski definition) is 2. The van der Waals surface area contributed by atoms with Gasteiger partial charge in [-0.25, -0.2) is 0 Å². The number of nitrogens with one attached hydrogen (secondary N) is 2. The Balaban J connectivity index is 1.47. The fraction of sp³-hybridized carbons (Fsp3) is 0.364. The summed E-state index contributed by atoms with van der Waals surface area (Å²) in [5.41, 5.74) is 2.99. The highest BCUT2D eigenvalue weighted by Gasteiger charge is 2.33. The van der Waals surface area contributed by atoms with Gasteiger partial charge in [0.05, 0.1) is 6.54 Å². The van der Waals surface area contributed by atoms with Crippen LogP contribution in [0.2, 0.25) is 0 Å². The molecule has 1 unspecified atom stereocenters. The van der Waals surface area contributed by atoms with E-state index in [9.17, 15) is 9.59 Å². The average molecular weight is 365 g/mol. The van der Waals surface area contributed by atoms with Crippen LogP contribution in [0.1, 0.15) is 30.7 Å². The van der Waals surface area contributed by atoms with Crippen LogP contribution >= 0.6 is 0 Å². The van der Waals surface area contributed by atoms with Crippen LogP contribution in [0.25, 0.3) is 0 Å². The molecule has 2 amide bonds. The van der Waals surface area contributed by atoms with Gasteiger partial charge in [-0.1, -0.05) is 30.3 Å². The second-order valence-electron chi connectivity index (χ2n) is 7.32. The van der Waals surface area contributed by atoms with Crippen molar-refractivity contribution in [2.45, 2.75) is 25.2 Å². The zero-order valence-corrected chi connectivity index (χ0v) is 15.9. The first-order valence-corrected chi connectivity index (χ1v) is 9.42. The summed E-state index contributed by atoms with van der Waals surface area (Å²) in [4.78, 5) is 26.4. The Labute approximate surface area is 160 Å². The van der Waals surface area contributed by atoms with Gasteiger partial charge in [-0.15, -0.1) is 0 Å². The fourth-order valence-corrected chi connectivity index (χ4v) is 3.25. The van der Waals surface area contributed by atoms with E-state index in [1.807, 2.05) is 61.5 Å². The van der Waals surface area contributed by atoms with Gasteiger partial charge in [-0.05, 0) is 54.5 Å². The molecule has 1 saturated carbocycles.